The first-order valence-corrected chi connectivity index (χ1v) is 7.91. The van der Waals surface area contributed by atoms with Crippen molar-refractivity contribution in [1.82, 2.24) is 9.88 Å². The third-order valence-corrected chi connectivity index (χ3v) is 4.40. The molecule has 0 spiro atoms. The summed E-state index contributed by atoms with van der Waals surface area (Å²) in [7, 11) is 1.82. The van der Waals surface area contributed by atoms with Crippen molar-refractivity contribution in [2.75, 3.05) is 7.05 Å². The molecule has 4 nitrogen and oxygen atoms in total. The fourth-order valence-corrected chi connectivity index (χ4v) is 2.99. The Kier molecular flexibility index (Phi) is 5.34. The van der Waals surface area contributed by atoms with Crippen LogP contribution in [0.15, 0.2) is 24.3 Å². The van der Waals surface area contributed by atoms with Gasteiger partial charge in [-0.2, -0.15) is 0 Å². The summed E-state index contributed by atoms with van der Waals surface area (Å²) in [6.07, 6.45) is 0. The number of benzene rings is 1. The van der Waals surface area contributed by atoms with Crippen molar-refractivity contribution < 1.29 is 14.0 Å². The third-order valence-electron chi connectivity index (χ3n) is 4.40. The lowest BCUT2D eigenvalue weighted by atomic mass is 10.0. The minimum atomic E-state index is -0.398. The van der Waals surface area contributed by atoms with E-state index in [-0.39, 0.29) is 17.4 Å². The van der Waals surface area contributed by atoms with Gasteiger partial charge < -0.3 is 4.98 Å². The van der Waals surface area contributed by atoms with Gasteiger partial charge in [0.1, 0.15) is 5.82 Å². The highest BCUT2D eigenvalue weighted by molar-refractivity contribution is 6.05. The number of halogens is 1. The Labute approximate surface area is 141 Å². The van der Waals surface area contributed by atoms with Crippen LogP contribution in [-0.2, 0) is 6.54 Å². The Hall–Kier alpha value is -2.27. The summed E-state index contributed by atoms with van der Waals surface area (Å²) in [5.74, 6) is -0.426. The van der Waals surface area contributed by atoms with Gasteiger partial charge in [0.15, 0.2) is 11.6 Å². The molecule has 0 aliphatic carbocycles. The van der Waals surface area contributed by atoms with E-state index in [1.54, 1.807) is 19.9 Å². The Morgan fingerprint density at radius 1 is 1.29 bits per heavy atom. The molecule has 0 aliphatic heterocycles. The van der Waals surface area contributed by atoms with Crippen molar-refractivity contribution in [3.8, 4) is 0 Å². The second kappa shape index (κ2) is 7.09. The SMILES string of the molecule is CC(=O)c1c(C)[nH]c(C(=O)C(C)N(C)Cc2cccc(F)c2)c1C. The van der Waals surface area contributed by atoms with Crippen molar-refractivity contribution >= 4 is 11.6 Å². The summed E-state index contributed by atoms with van der Waals surface area (Å²) < 4.78 is 13.3. The van der Waals surface area contributed by atoms with Crippen LogP contribution in [0, 0.1) is 19.7 Å². The maximum Gasteiger partial charge on any atom is 0.196 e. The lowest BCUT2D eigenvalue weighted by Crippen LogP contribution is -2.36. The lowest BCUT2D eigenvalue weighted by molar-refractivity contribution is 0.0856. The van der Waals surface area contributed by atoms with E-state index in [1.165, 1.54) is 19.1 Å². The summed E-state index contributed by atoms with van der Waals surface area (Å²) in [6, 6.07) is 5.94. The number of ketones is 2. The molecule has 1 atom stereocenters. The topological polar surface area (TPSA) is 53.2 Å². The number of aromatic nitrogens is 1. The van der Waals surface area contributed by atoms with Crippen molar-refractivity contribution in [1.29, 1.82) is 0 Å². The summed E-state index contributed by atoms with van der Waals surface area (Å²) in [6.45, 7) is 7.35. The zero-order valence-corrected chi connectivity index (χ0v) is 14.7. The van der Waals surface area contributed by atoms with E-state index in [0.29, 0.717) is 29.1 Å². The van der Waals surface area contributed by atoms with Crippen LogP contribution in [0.4, 0.5) is 4.39 Å². The molecule has 2 aromatic rings. The number of aromatic amines is 1. The molecular formula is C19H23FN2O2. The van der Waals surface area contributed by atoms with E-state index < -0.39 is 6.04 Å². The van der Waals surface area contributed by atoms with Crippen LogP contribution in [0.3, 0.4) is 0 Å². The van der Waals surface area contributed by atoms with E-state index in [1.807, 2.05) is 24.9 Å². The lowest BCUT2D eigenvalue weighted by Gasteiger charge is -2.23. The second-order valence-electron chi connectivity index (χ2n) is 6.27. The van der Waals surface area contributed by atoms with Crippen LogP contribution in [0.5, 0.6) is 0 Å². The number of likely N-dealkylation sites (N-methyl/N-ethyl adjacent to an activating group) is 1. The number of Topliss-reactive ketones (excluding diaryl/α,β-unsaturated/α-hetero) is 2. The number of nitrogens with one attached hydrogen (secondary N) is 1. The molecule has 5 heteroatoms. The minimum absolute atomic E-state index is 0.0546. The van der Waals surface area contributed by atoms with Gasteiger partial charge in [-0.3, -0.25) is 14.5 Å². The highest BCUT2D eigenvalue weighted by Crippen LogP contribution is 2.21. The predicted octanol–water partition coefficient (Wildman–Crippen LogP) is 3.68. The van der Waals surface area contributed by atoms with Crippen LogP contribution < -0.4 is 0 Å². The zero-order chi connectivity index (χ0) is 18.0. The standard InChI is InChI=1S/C19H23FN2O2/c1-11-17(14(4)23)12(2)21-18(11)19(24)13(3)22(5)10-15-7-6-8-16(20)9-15/h6-9,13,21H,10H2,1-5H3. The molecule has 0 saturated carbocycles. The molecule has 0 saturated heterocycles. The Bertz CT molecular complexity index is 780. The molecule has 0 bridgehead atoms. The van der Waals surface area contributed by atoms with Crippen molar-refractivity contribution in [2.24, 2.45) is 0 Å². The van der Waals surface area contributed by atoms with Gasteiger partial charge in [0.25, 0.3) is 0 Å². The summed E-state index contributed by atoms with van der Waals surface area (Å²) in [4.78, 5) is 29.4. The Morgan fingerprint density at radius 3 is 2.50 bits per heavy atom. The number of nitrogens with zero attached hydrogens (tertiary/aromatic N) is 1. The number of rotatable bonds is 6. The van der Waals surface area contributed by atoms with Crippen LogP contribution in [0.25, 0.3) is 0 Å². The maximum absolute atomic E-state index is 13.3. The normalized spacial score (nSPS) is 12.5. The molecule has 24 heavy (non-hydrogen) atoms. The van der Waals surface area contributed by atoms with Crippen molar-refractivity contribution in [3.63, 3.8) is 0 Å². The van der Waals surface area contributed by atoms with Gasteiger partial charge in [-0.15, -0.1) is 0 Å². The Balaban J connectivity index is 2.20. The number of H-pyrrole nitrogens is 1. The highest BCUT2D eigenvalue weighted by Gasteiger charge is 2.25. The molecule has 1 heterocycles. The minimum Gasteiger partial charge on any atom is -0.355 e. The van der Waals surface area contributed by atoms with Crippen LogP contribution in [0.2, 0.25) is 0 Å². The van der Waals surface area contributed by atoms with Gasteiger partial charge in [-0.1, -0.05) is 12.1 Å². The molecule has 1 aromatic heterocycles. The maximum atomic E-state index is 13.3. The van der Waals surface area contributed by atoms with Gasteiger partial charge in [-0.25, -0.2) is 4.39 Å². The van der Waals surface area contributed by atoms with E-state index in [9.17, 15) is 14.0 Å². The highest BCUT2D eigenvalue weighted by atomic mass is 19.1. The number of hydrogen-bond acceptors (Lipinski definition) is 3. The third kappa shape index (κ3) is 3.62. The van der Waals surface area contributed by atoms with Gasteiger partial charge in [0.05, 0.1) is 11.7 Å². The molecule has 1 N–H and O–H groups in total. The van der Waals surface area contributed by atoms with Gasteiger partial charge in [0.2, 0.25) is 0 Å². The van der Waals surface area contributed by atoms with Gasteiger partial charge in [0, 0.05) is 17.8 Å². The van der Waals surface area contributed by atoms with E-state index in [0.717, 1.165) is 5.56 Å². The van der Waals surface area contributed by atoms with E-state index >= 15 is 0 Å². The summed E-state index contributed by atoms with van der Waals surface area (Å²) >= 11 is 0. The van der Waals surface area contributed by atoms with Crippen LogP contribution >= 0.6 is 0 Å². The second-order valence-corrected chi connectivity index (χ2v) is 6.27. The summed E-state index contributed by atoms with van der Waals surface area (Å²) in [5.41, 5.74) is 3.26. The van der Waals surface area contributed by atoms with Crippen LogP contribution in [-0.4, -0.2) is 34.5 Å². The first-order valence-electron chi connectivity index (χ1n) is 7.91. The fraction of sp³-hybridized carbons (Fsp3) is 0.368. The van der Waals surface area contributed by atoms with Crippen LogP contribution in [0.1, 0.15) is 51.5 Å². The fourth-order valence-electron chi connectivity index (χ4n) is 2.99. The molecule has 0 aliphatic rings. The molecule has 128 valence electrons. The van der Waals surface area contributed by atoms with Crippen molar-refractivity contribution in [2.45, 2.75) is 40.3 Å². The largest absolute Gasteiger partial charge is 0.355 e. The molecule has 1 aromatic carbocycles. The van der Waals surface area contributed by atoms with Gasteiger partial charge in [-0.05, 0) is 58.0 Å². The number of aryl methyl sites for hydroxylation is 1. The molecule has 0 amide bonds. The van der Waals surface area contributed by atoms with Crippen molar-refractivity contribution in [3.05, 3.63) is 58.2 Å². The van der Waals surface area contributed by atoms with E-state index in [4.69, 9.17) is 0 Å². The average Bonchev–Trinajstić information content (AvgIpc) is 2.80. The quantitative estimate of drug-likeness (QED) is 0.822. The molecule has 2 rings (SSSR count). The molecule has 1 unspecified atom stereocenters. The molecule has 0 radical (unpaired) electrons. The monoisotopic (exact) mass is 330 g/mol. The number of carbonyl (C=O) groups is 2. The number of hydrogen-bond donors (Lipinski definition) is 1. The molecule has 0 fully saturated rings. The number of carbonyl (C=O) groups excluding carboxylic acids is 2. The molecular weight excluding hydrogens is 307 g/mol. The first kappa shape index (κ1) is 18.1. The first-order chi connectivity index (χ1) is 11.2. The van der Waals surface area contributed by atoms with Gasteiger partial charge >= 0.3 is 0 Å². The Morgan fingerprint density at radius 2 is 1.96 bits per heavy atom. The smallest absolute Gasteiger partial charge is 0.196 e. The zero-order valence-electron chi connectivity index (χ0n) is 14.7. The van der Waals surface area contributed by atoms with E-state index in [2.05, 4.69) is 4.98 Å². The predicted molar refractivity (Wildman–Crippen MR) is 91.9 cm³/mol. The average molecular weight is 330 g/mol. The summed E-state index contributed by atoms with van der Waals surface area (Å²) in [5, 5.41) is 0.